The summed E-state index contributed by atoms with van der Waals surface area (Å²) in [6.45, 7) is 29.6. The molecule has 0 aliphatic carbocycles. The van der Waals surface area contributed by atoms with Crippen molar-refractivity contribution in [1.29, 1.82) is 0 Å². The SMILES string of the molecule is C=C(/C=C\C=C/C)c1c(-c2ccc(B(/C(CC)=C(C)/C=C\C)c3c(C)cccc3C)cc2)c(-c2ccc(B(/C(CC)=C(C)/C=C\C)c3c(C)cccc3C)cc2)c(-c2ccccc2)c2ccccc12. The molecule has 0 nitrogen and oxygen atoms in total. The van der Waals surface area contributed by atoms with Crippen LogP contribution in [0.1, 0.15) is 89.1 Å². The van der Waals surface area contributed by atoms with Gasteiger partial charge in [-0.2, -0.15) is 0 Å². The van der Waals surface area contributed by atoms with E-state index in [1.54, 1.807) is 0 Å². The molecule has 0 unspecified atom stereocenters. The van der Waals surface area contributed by atoms with Crippen LogP contribution in [0.4, 0.5) is 0 Å². The molecule has 0 heterocycles. The molecule has 0 aliphatic heterocycles. The number of hydrogen-bond donors (Lipinski definition) is 0. The van der Waals surface area contributed by atoms with Crippen molar-refractivity contribution in [2.24, 2.45) is 0 Å². The molecule has 7 aromatic rings. The Balaban J connectivity index is 1.58. The van der Waals surface area contributed by atoms with Gasteiger partial charge < -0.3 is 0 Å². The van der Waals surface area contributed by atoms with Crippen LogP contribution in [0, 0.1) is 27.7 Å². The minimum absolute atomic E-state index is 0.117. The van der Waals surface area contributed by atoms with Gasteiger partial charge in [0.25, 0.3) is 0 Å². The third kappa shape index (κ3) is 10.4. The van der Waals surface area contributed by atoms with E-state index >= 15 is 0 Å². The predicted octanol–water partition coefficient (Wildman–Crippen LogP) is 16.1. The van der Waals surface area contributed by atoms with Gasteiger partial charge in [-0.05, 0) is 130 Å². The Labute approximate surface area is 416 Å². The minimum atomic E-state index is 0.117. The van der Waals surface area contributed by atoms with E-state index in [9.17, 15) is 0 Å². The lowest BCUT2D eigenvalue weighted by molar-refractivity contribution is 1.15. The van der Waals surface area contributed by atoms with Crippen LogP contribution in [0.3, 0.4) is 0 Å². The molecular weight excluding hydrogens is 826 g/mol. The summed E-state index contributed by atoms with van der Waals surface area (Å²) in [7, 11) is 0. The predicted molar refractivity (Wildman–Crippen MR) is 311 cm³/mol. The zero-order valence-corrected chi connectivity index (χ0v) is 43.2. The maximum atomic E-state index is 4.85. The molecular formula is C67H70B2. The lowest BCUT2D eigenvalue weighted by atomic mass is 9.34. The van der Waals surface area contributed by atoms with Gasteiger partial charge in [0, 0.05) is 0 Å². The van der Waals surface area contributed by atoms with E-state index in [4.69, 9.17) is 6.58 Å². The molecule has 344 valence electrons. The van der Waals surface area contributed by atoms with Gasteiger partial charge in [0.1, 0.15) is 0 Å². The largest absolute Gasteiger partial charge is 0.238 e. The van der Waals surface area contributed by atoms with E-state index in [1.165, 1.54) is 105 Å². The lowest BCUT2D eigenvalue weighted by Gasteiger charge is -2.26. The summed E-state index contributed by atoms with van der Waals surface area (Å²) in [5.74, 6) is 0. The number of fused-ring (bicyclic) bond motifs is 1. The number of allylic oxidation sites excluding steroid dienone is 13. The molecule has 0 aliphatic rings. The quantitative estimate of drug-likeness (QED) is 0.0670. The first-order valence-corrected chi connectivity index (χ1v) is 25.1. The van der Waals surface area contributed by atoms with Gasteiger partial charge in [-0.25, -0.2) is 0 Å². The Morgan fingerprint density at radius 2 is 0.855 bits per heavy atom. The molecule has 0 atom stereocenters. The topological polar surface area (TPSA) is 0 Å². The standard InChI is InChI=1S/C67H70B2/c1-13-18-20-29-48(8)62-58-36-23-24-37-59(58)63(53-34-21-19-22-35-53)65(55-40-44-57(45-41-55)69(61(17-5)47(7)28-15-3)67-51(11)32-26-33-52(67)12)64(62)54-38-42-56(43-39-54)68(60(16-4)46(6)27-14-2)66-49(9)30-25-31-50(66)10/h13-15,18-45H,8,16-17H2,1-7,9-12H3/b18-13-,27-14-,28-15-,29-20-,60-46+,61-47+. The first-order valence-electron chi connectivity index (χ1n) is 25.1. The van der Waals surface area contributed by atoms with Gasteiger partial charge in [-0.3, -0.25) is 0 Å². The molecule has 0 spiro atoms. The average Bonchev–Trinajstić information content (AvgIpc) is 3.35. The van der Waals surface area contributed by atoms with E-state index in [2.05, 4.69) is 264 Å². The maximum Gasteiger partial charge on any atom is 0.238 e. The highest BCUT2D eigenvalue weighted by Gasteiger charge is 2.30. The lowest BCUT2D eigenvalue weighted by Crippen LogP contribution is -2.47. The molecule has 2 heteroatoms. The zero-order chi connectivity index (χ0) is 49.2. The highest BCUT2D eigenvalue weighted by molar-refractivity contribution is 6.92. The smallest absolute Gasteiger partial charge is 0.0911 e. The van der Waals surface area contributed by atoms with Crippen LogP contribution >= 0.6 is 0 Å². The average molecular weight is 897 g/mol. The summed E-state index contributed by atoms with van der Waals surface area (Å²) in [5, 5.41) is 2.39. The number of rotatable bonds is 16. The Morgan fingerprint density at radius 1 is 0.435 bits per heavy atom. The second kappa shape index (κ2) is 22.9. The normalized spacial score (nSPS) is 12.7. The molecule has 69 heavy (non-hydrogen) atoms. The van der Waals surface area contributed by atoms with Gasteiger partial charge in [0.2, 0.25) is 13.4 Å². The Hall–Kier alpha value is -6.89. The third-order valence-corrected chi connectivity index (χ3v) is 14.2. The Bertz CT molecular complexity index is 3110. The van der Waals surface area contributed by atoms with Crippen molar-refractivity contribution in [3.05, 3.63) is 245 Å². The second-order valence-electron chi connectivity index (χ2n) is 18.7. The van der Waals surface area contributed by atoms with Crippen molar-refractivity contribution in [1.82, 2.24) is 0 Å². The molecule has 0 amide bonds. The molecule has 0 fully saturated rings. The van der Waals surface area contributed by atoms with Crippen LogP contribution in [0.25, 0.3) is 49.7 Å². The molecule has 0 N–H and O–H groups in total. The number of aryl methyl sites for hydroxylation is 4. The summed E-state index contributed by atoms with van der Waals surface area (Å²) in [6.07, 6.45) is 19.3. The van der Waals surface area contributed by atoms with Crippen molar-refractivity contribution in [2.75, 3.05) is 0 Å². The highest BCUT2D eigenvalue weighted by atomic mass is 14.3. The van der Waals surface area contributed by atoms with E-state index in [0.717, 1.165) is 29.5 Å². The first-order chi connectivity index (χ1) is 33.5. The van der Waals surface area contributed by atoms with Crippen molar-refractivity contribution in [2.45, 2.75) is 89.0 Å². The van der Waals surface area contributed by atoms with Gasteiger partial charge in [0.05, 0.1) is 0 Å². The fourth-order valence-corrected chi connectivity index (χ4v) is 11.1. The summed E-state index contributed by atoms with van der Waals surface area (Å²) in [4.78, 5) is 0. The third-order valence-electron chi connectivity index (χ3n) is 14.2. The molecule has 0 bridgehead atoms. The van der Waals surface area contributed by atoms with E-state index < -0.39 is 0 Å². The maximum absolute atomic E-state index is 4.85. The number of hydrogen-bond acceptors (Lipinski definition) is 0. The fraction of sp³-hybridized carbons (Fsp3) is 0.194. The van der Waals surface area contributed by atoms with Gasteiger partial charge in [0.15, 0.2) is 0 Å². The van der Waals surface area contributed by atoms with Crippen LogP contribution in [0.15, 0.2) is 217 Å². The summed E-state index contributed by atoms with van der Waals surface area (Å²) >= 11 is 0. The monoisotopic (exact) mass is 897 g/mol. The molecule has 0 radical (unpaired) electrons. The molecule has 0 saturated carbocycles. The molecule has 0 aromatic heterocycles. The fourth-order valence-electron chi connectivity index (χ4n) is 11.1. The van der Waals surface area contributed by atoms with Crippen LogP contribution in [-0.4, -0.2) is 13.4 Å². The summed E-state index contributed by atoms with van der Waals surface area (Å²) < 4.78 is 0. The van der Waals surface area contributed by atoms with Crippen molar-refractivity contribution in [3.63, 3.8) is 0 Å². The van der Waals surface area contributed by atoms with Crippen molar-refractivity contribution < 1.29 is 0 Å². The van der Waals surface area contributed by atoms with Gasteiger partial charge in [-0.15, -0.1) is 0 Å². The van der Waals surface area contributed by atoms with Crippen molar-refractivity contribution >= 4 is 51.6 Å². The Kier molecular flexibility index (Phi) is 16.6. The number of benzene rings is 7. The van der Waals surface area contributed by atoms with Gasteiger partial charge in [-0.1, -0.05) is 275 Å². The molecule has 7 aromatic carbocycles. The van der Waals surface area contributed by atoms with Crippen LogP contribution in [0.5, 0.6) is 0 Å². The summed E-state index contributed by atoms with van der Waals surface area (Å²) in [5.41, 5.74) is 25.5. The van der Waals surface area contributed by atoms with Crippen LogP contribution in [0.2, 0.25) is 0 Å². The van der Waals surface area contributed by atoms with Crippen molar-refractivity contribution in [3.8, 4) is 33.4 Å². The highest BCUT2D eigenvalue weighted by Crippen LogP contribution is 2.49. The molecule has 0 saturated heterocycles. The molecule has 7 rings (SSSR count). The van der Waals surface area contributed by atoms with Crippen LogP contribution < -0.4 is 21.9 Å². The summed E-state index contributed by atoms with van der Waals surface area (Å²) in [6, 6.07) is 52.6. The minimum Gasteiger partial charge on any atom is -0.0911 e. The van der Waals surface area contributed by atoms with Gasteiger partial charge >= 0.3 is 0 Å². The second-order valence-corrected chi connectivity index (χ2v) is 18.7. The first kappa shape index (κ1) is 50.0. The zero-order valence-electron chi connectivity index (χ0n) is 43.2. The van der Waals surface area contributed by atoms with E-state index in [0.29, 0.717) is 0 Å². The Morgan fingerprint density at radius 3 is 1.29 bits per heavy atom. The van der Waals surface area contributed by atoms with Crippen LogP contribution in [-0.2, 0) is 0 Å². The van der Waals surface area contributed by atoms with E-state index in [-0.39, 0.29) is 13.4 Å². The van der Waals surface area contributed by atoms with E-state index in [1.807, 2.05) is 0 Å².